The Labute approximate surface area is 224 Å². The molecule has 0 saturated carbocycles. The molecule has 222 valence electrons. The molecule has 1 unspecified atom stereocenters. The van der Waals surface area contributed by atoms with Crippen LogP contribution in [0.25, 0.3) is 0 Å². The van der Waals surface area contributed by atoms with Crippen LogP contribution < -0.4 is 5.73 Å². The summed E-state index contributed by atoms with van der Waals surface area (Å²) in [4.78, 5) is 2.47. The van der Waals surface area contributed by atoms with Gasteiger partial charge in [-0.05, 0) is 25.9 Å². The van der Waals surface area contributed by atoms with E-state index in [1.165, 1.54) is 25.9 Å². The molecule has 0 amide bonds. The summed E-state index contributed by atoms with van der Waals surface area (Å²) in [5.41, 5.74) is 5.57. The lowest BCUT2D eigenvalue weighted by atomic mass is 10.2. The normalized spacial score (nSPS) is 25.0. The average Bonchev–Trinajstić information content (AvgIpc) is 3.70. The second-order valence-corrected chi connectivity index (χ2v) is 8.84. The molecule has 0 aromatic carbocycles. The molecule has 9 rings (SSSR count). The van der Waals surface area contributed by atoms with Gasteiger partial charge in [0.05, 0.1) is 112 Å². The molecule has 9 saturated heterocycles. The van der Waals surface area contributed by atoms with Crippen LogP contribution >= 0.6 is 0 Å². The topological polar surface area (TPSA) is 142 Å². The molecule has 9 heterocycles. The van der Waals surface area contributed by atoms with Crippen LogP contribution in [0.15, 0.2) is 0 Å². The second-order valence-electron chi connectivity index (χ2n) is 8.84. The van der Waals surface area contributed by atoms with Gasteiger partial charge in [0, 0.05) is 13.0 Å². The van der Waals surface area contributed by atoms with Gasteiger partial charge in [-0.3, -0.25) is 0 Å². The van der Waals surface area contributed by atoms with Crippen LogP contribution in [0, 0.1) is 0 Å². The van der Waals surface area contributed by atoms with E-state index in [9.17, 15) is 0 Å². The third-order valence-corrected chi connectivity index (χ3v) is 4.08. The SMILES string of the molecule is C1CO1.C1CO1.C1CO1.C1CO1.C1CO1.C1CO1.C1CO1.C1CO1.CCCN(CCC)CCC1(N)CO1. The monoisotopic (exact) mass is 538 g/mol. The first-order chi connectivity index (χ1) is 18.2. The lowest BCUT2D eigenvalue weighted by Gasteiger charge is -2.21. The van der Waals surface area contributed by atoms with Crippen LogP contribution in [0.1, 0.15) is 33.1 Å². The minimum atomic E-state index is -0.264. The van der Waals surface area contributed by atoms with Crippen molar-refractivity contribution in [1.82, 2.24) is 4.90 Å². The van der Waals surface area contributed by atoms with Gasteiger partial charge in [-0.15, -0.1) is 0 Å². The van der Waals surface area contributed by atoms with Crippen molar-refractivity contribution >= 4 is 0 Å². The Morgan fingerprint density at radius 1 is 0.486 bits per heavy atom. The van der Waals surface area contributed by atoms with Crippen molar-refractivity contribution in [2.24, 2.45) is 5.73 Å². The molecule has 0 bridgehead atoms. The van der Waals surface area contributed by atoms with E-state index in [0.29, 0.717) is 0 Å². The van der Waals surface area contributed by atoms with Gasteiger partial charge in [-0.25, -0.2) is 0 Å². The first-order valence-electron chi connectivity index (χ1n) is 14.0. The zero-order valence-electron chi connectivity index (χ0n) is 23.5. The van der Waals surface area contributed by atoms with Crippen LogP contribution in [0.5, 0.6) is 0 Å². The number of nitrogens with two attached hydrogens (primary N) is 1. The number of ether oxygens (including phenoxy) is 9. The second kappa shape index (κ2) is 25.8. The molecule has 9 aliphatic rings. The minimum Gasteiger partial charge on any atom is -0.377 e. The third kappa shape index (κ3) is 66.4. The lowest BCUT2D eigenvalue weighted by Crippen LogP contribution is -2.33. The lowest BCUT2D eigenvalue weighted by molar-refractivity contribution is 0.221. The maximum Gasteiger partial charge on any atom is 0.141 e. The Kier molecular flexibility index (Phi) is 24.1. The summed E-state index contributed by atoms with van der Waals surface area (Å²) in [6.07, 6.45) is 3.42. The van der Waals surface area contributed by atoms with Gasteiger partial charge in [0.1, 0.15) is 5.72 Å². The highest BCUT2D eigenvalue weighted by Gasteiger charge is 2.39. The van der Waals surface area contributed by atoms with E-state index in [1.807, 2.05) is 0 Å². The molecular formula is C26H54N2O9. The molecule has 0 aromatic heterocycles. The van der Waals surface area contributed by atoms with E-state index in [0.717, 1.165) is 125 Å². The number of hydrogen-bond donors (Lipinski definition) is 1. The van der Waals surface area contributed by atoms with Crippen LogP contribution in [-0.2, 0) is 42.6 Å². The highest BCUT2D eigenvalue weighted by Crippen LogP contribution is 2.23. The molecule has 0 spiro atoms. The summed E-state index contributed by atoms with van der Waals surface area (Å²) in [7, 11) is 0. The largest absolute Gasteiger partial charge is 0.377 e. The molecule has 0 radical (unpaired) electrons. The summed E-state index contributed by atoms with van der Waals surface area (Å²) in [6, 6.07) is 0. The smallest absolute Gasteiger partial charge is 0.141 e. The Bertz CT molecular complexity index is 357. The molecule has 9 aliphatic heterocycles. The summed E-state index contributed by atoms with van der Waals surface area (Å²) >= 11 is 0. The standard InChI is InChI=1S/C10H22N2O.8C2H4O/c1-3-6-12(7-4-2)8-5-10(11)9-13-10;8*1-2-3-1/h3-9,11H2,1-2H3;8*1-2H2. The Morgan fingerprint density at radius 2 is 0.703 bits per heavy atom. The van der Waals surface area contributed by atoms with Crippen molar-refractivity contribution in [2.75, 3.05) is 132 Å². The Morgan fingerprint density at radius 3 is 0.838 bits per heavy atom. The third-order valence-electron chi connectivity index (χ3n) is 4.08. The van der Waals surface area contributed by atoms with Gasteiger partial charge in [0.2, 0.25) is 0 Å². The number of hydrogen-bond acceptors (Lipinski definition) is 11. The van der Waals surface area contributed by atoms with Gasteiger partial charge >= 0.3 is 0 Å². The maximum absolute atomic E-state index is 5.84. The van der Waals surface area contributed by atoms with E-state index < -0.39 is 0 Å². The number of rotatable bonds is 7. The molecule has 11 nitrogen and oxygen atoms in total. The average molecular weight is 539 g/mol. The molecule has 0 aromatic rings. The minimum absolute atomic E-state index is 0.264. The van der Waals surface area contributed by atoms with Gasteiger partial charge in [0.25, 0.3) is 0 Å². The molecule has 9 fully saturated rings. The first kappa shape index (κ1) is 34.6. The van der Waals surface area contributed by atoms with Crippen LogP contribution in [0.2, 0.25) is 0 Å². The van der Waals surface area contributed by atoms with Gasteiger partial charge < -0.3 is 53.3 Å². The summed E-state index contributed by atoms with van der Waals surface area (Å²) < 4.78 is 41.2. The molecular weight excluding hydrogens is 484 g/mol. The zero-order chi connectivity index (χ0) is 26.7. The van der Waals surface area contributed by atoms with Crippen LogP contribution in [0.3, 0.4) is 0 Å². The Balaban J connectivity index is 0.000000231. The van der Waals surface area contributed by atoms with Crippen LogP contribution in [0.4, 0.5) is 0 Å². The first-order valence-corrected chi connectivity index (χ1v) is 14.0. The molecule has 37 heavy (non-hydrogen) atoms. The number of nitrogens with zero attached hydrogens (tertiary/aromatic N) is 1. The van der Waals surface area contributed by atoms with Crippen molar-refractivity contribution in [3.05, 3.63) is 0 Å². The van der Waals surface area contributed by atoms with E-state index in [1.54, 1.807) is 0 Å². The summed E-state index contributed by atoms with van der Waals surface area (Å²) in [6.45, 7) is 24.6. The van der Waals surface area contributed by atoms with Crippen molar-refractivity contribution in [2.45, 2.75) is 38.8 Å². The molecule has 1 atom stereocenters. The molecule has 11 heteroatoms. The molecule has 2 N–H and O–H groups in total. The van der Waals surface area contributed by atoms with Crippen LogP contribution in [-0.4, -0.2) is 143 Å². The Hall–Kier alpha value is -0.440. The van der Waals surface area contributed by atoms with E-state index in [2.05, 4.69) is 56.6 Å². The maximum atomic E-state index is 5.84. The van der Waals surface area contributed by atoms with Gasteiger partial charge in [-0.1, -0.05) is 13.8 Å². The number of epoxide rings is 9. The quantitative estimate of drug-likeness (QED) is 0.469. The van der Waals surface area contributed by atoms with Crippen molar-refractivity contribution < 1.29 is 42.6 Å². The van der Waals surface area contributed by atoms with Gasteiger partial charge in [-0.2, -0.15) is 0 Å². The predicted molar refractivity (Wildman–Crippen MR) is 141 cm³/mol. The fourth-order valence-electron chi connectivity index (χ4n) is 1.55. The van der Waals surface area contributed by atoms with Crippen molar-refractivity contribution in [3.8, 4) is 0 Å². The molecule has 0 aliphatic carbocycles. The van der Waals surface area contributed by atoms with E-state index >= 15 is 0 Å². The van der Waals surface area contributed by atoms with Crippen molar-refractivity contribution in [3.63, 3.8) is 0 Å². The zero-order valence-corrected chi connectivity index (χ0v) is 23.5. The van der Waals surface area contributed by atoms with Crippen molar-refractivity contribution in [1.29, 1.82) is 0 Å². The highest BCUT2D eigenvalue weighted by atomic mass is 16.6. The van der Waals surface area contributed by atoms with Gasteiger partial charge in [0.15, 0.2) is 0 Å². The summed E-state index contributed by atoms with van der Waals surface area (Å²) in [5.74, 6) is 0. The van der Waals surface area contributed by atoms with E-state index in [4.69, 9.17) is 10.5 Å². The summed E-state index contributed by atoms with van der Waals surface area (Å²) in [5, 5.41) is 0. The van der Waals surface area contributed by atoms with E-state index in [-0.39, 0.29) is 5.72 Å². The highest BCUT2D eigenvalue weighted by molar-refractivity contribution is 4.85. The fraction of sp³-hybridized carbons (Fsp3) is 1.00. The predicted octanol–water partition coefficient (Wildman–Crippen LogP) is 1.32. The fourth-order valence-corrected chi connectivity index (χ4v) is 1.55.